The van der Waals surface area contributed by atoms with Gasteiger partial charge in [-0.05, 0) is 158 Å². The predicted octanol–water partition coefficient (Wildman–Crippen LogP) is 18.5. The van der Waals surface area contributed by atoms with E-state index in [1.54, 1.807) is 0 Å². The molecule has 1 spiro atoms. The fraction of sp³-hybridized carbons (Fsp3) is 0.0909. The van der Waals surface area contributed by atoms with Crippen molar-refractivity contribution in [2.75, 3.05) is 9.80 Å². The van der Waals surface area contributed by atoms with Gasteiger partial charge in [-0.2, -0.15) is 0 Å². The van der Waals surface area contributed by atoms with E-state index in [-0.39, 0.29) is 5.41 Å². The van der Waals surface area contributed by atoms with E-state index in [0.29, 0.717) is 0 Å². The highest BCUT2D eigenvalue weighted by atomic mass is 15.1. The zero-order valence-corrected chi connectivity index (χ0v) is 38.2. The number of hydrogen-bond acceptors (Lipinski definition) is 2. The molecular formula is C66H52N2. The molecule has 0 aliphatic heterocycles. The molecular weight excluding hydrogens is 821 g/mol. The number of rotatable bonds is 10. The summed E-state index contributed by atoms with van der Waals surface area (Å²) in [4.78, 5) is 4.93. The molecule has 0 amide bonds. The quantitative estimate of drug-likeness (QED) is 0.135. The first-order chi connectivity index (χ1) is 33.7. The van der Waals surface area contributed by atoms with Crippen LogP contribution in [0.4, 0.5) is 34.1 Å². The van der Waals surface area contributed by atoms with Gasteiger partial charge < -0.3 is 9.80 Å². The average Bonchev–Trinajstić information content (AvgIpc) is 3.67. The molecule has 0 unspecified atom stereocenters. The van der Waals surface area contributed by atoms with Crippen LogP contribution in [0.5, 0.6) is 0 Å². The number of nitrogens with zero attached hydrogens (tertiary/aromatic N) is 2. The van der Waals surface area contributed by atoms with E-state index in [1.807, 2.05) is 0 Å². The van der Waals surface area contributed by atoms with E-state index < -0.39 is 0 Å². The Kier molecular flexibility index (Phi) is 10.8. The van der Waals surface area contributed by atoms with Gasteiger partial charge in [0.2, 0.25) is 0 Å². The summed E-state index contributed by atoms with van der Waals surface area (Å²) in [6.07, 6.45) is 5.95. The Bertz CT molecular complexity index is 3180. The second-order valence-electron chi connectivity index (χ2n) is 18.4. The van der Waals surface area contributed by atoms with Gasteiger partial charge in [0, 0.05) is 39.5 Å². The van der Waals surface area contributed by atoms with Crippen LogP contribution in [0.1, 0.15) is 43.2 Å². The standard InChI is InChI=1S/C66H52N2/c1-7-19-48(20-8-1)52-29-33-57(34-30-52)67(58-35-31-53(32-36-58)49-21-9-2-10-22-49)59-37-39-62-63-40-38-60(47-65(63)66(64(62)46-59)41-17-6-18-42-66)68(56-27-15-5-16-28-56)61-44-54(50-23-11-3-12-24-50)43-55(45-61)51-25-13-4-14-26-51/h1-5,7-16,19-40,43-47H,6,17-18,41-42H2. The largest absolute Gasteiger partial charge is 0.310 e. The van der Waals surface area contributed by atoms with Gasteiger partial charge in [-0.25, -0.2) is 0 Å². The minimum absolute atomic E-state index is 0.0988. The van der Waals surface area contributed by atoms with Gasteiger partial charge in [-0.15, -0.1) is 0 Å². The molecule has 0 heterocycles. The molecule has 10 aromatic carbocycles. The van der Waals surface area contributed by atoms with Crippen molar-refractivity contribution in [3.63, 3.8) is 0 Å². The van der Waals surface area contributed by atoms with Crippen LogP contribution in [0.25, 0.3) is 55.6 Å². The van der Waals surface area contributed by atoms with Crippen LogP contribution in [0.2, 0.25) is 0 Å². The van der Waals surface area contributed by atoms with E-state index in [0.717, 1.165) is 35.6 Å². The van der Waals surface area contributed by atoms with E-state index >= 15 is 0 Å². The Morgan fingerprint density at radius 2 is 0.559 bits per heavy atom. The van der Waals surface area contributed by atoms with E-state index in [9.17, 15) is 0 Å². The maximum atomic E-state index is 2.55. The van der Waals surface area contributed by atoms with Crippen LogP contribution in [-0.2, 0) is 5.41 Å². The molecule has 1 fully saturated rings. The summed E-state index contributed by atoms with van der Waals surface area (Å²) in [6.45, 7) is 0. The van der Waals surface area contributed by atoms with Crippen LogP contribution in [0.3, 0.4) is 0 Å². The minimum atomic E-state index is -0.0988. The Labute approximate surface area is 401 Å². The zero-order chi connectivity index (χ0) is 45.3. The fourth-order valence-corrected chi connectivity index (χ4v) is 11.1. The summed E-state index contributed by atoms with van der Waals surface area (Å²) < 4.78 is 0. The summed E-state index contributed by atoms with van der Waals surface area (Å²) in [7, 11) is 0. The number of hydrogen-bond donors (Lipinski definition) is 0. The van der Waals surface area contributed by atoms with Gasteiger partial charge in [-0.1, -0.05) is 195 Å². The molecule has 0 bridgehead atoms. The van der Waals surface area contributed by atoms with Gasteiger partial charge in [0.1, 0.15) is 0 Å². The first-order valence-corrected chi connectivity index (χ1v) is 24.2. The molecule has 2 nitrogen and oxygen atoms in total. The Balaban J connectivity index is 0.990. The van der Waals surface area contributed by atoms with Crippen LogP contribution in [0, 0.1) is 0 Å². The molecule has 0 N–H and O–H groups in total. The van der Waals surface area contributed by atoms with Crippen molar-refractivity contribution in [3.05, 3.63) is 266 Å². The molecule has 1 saturated carbocycles. The lowest BCUT2D eigenvalue weighted by Crippen LogP contribution is -2.28. The number of benzene rings is 10. The van der Waals surface area contributed by atoms with E-state index in [2.05, 4.69) is 265 Å². The molecule has 2 aliphatic rings. The molecule has 2 heteroatoms. The Morgan fingerprint density at radius 1 is 0.235 bits per heavy atom. The van der Waals surface area contributed by atoms with E-state index in [4.69, 9.17) is 0 Å². The second-order valence-corrected chi connectivity index (χ2v) is 18.4. The third kappa shape index (κ3) is 7.68. The van der Waals surface area contributed by atoms with Gasteiger partial charge in [0.25, 0.3) is 0 Å². The SMILES string of the molecule is c1ccc(-c2ccc(N(c3ccc(-c4ccccc4)cc3)c3ccc4c(c3)C3(CCCCC3)c3cc(N(c5ccccc5)c5cc(-c6ccccc6)cc(-c6ccccc6)c5)ccc3-4)cc2)cc1. The van der Waals surface area contributed by atoms with Crippen molar-refractivity contribution in [2.45, 2.75) is 37.5 Å². The number of fused-ring (bicyclic) bond motifs is 5. The van der Waals surface area contributed by atoms with Crippen molar-refractivity contribution < 1.29 is 0 Å². The first kappa shape index (κ1) is 41.2. The van der Waals surface area contributed by atoms with Gasteiger partial charge >= 0.3 is 0 Å². The second kappa shape index (κ2) is 17.9. The number of para-hydroxylation sites is 1. The minimum Gasteiger partial charge on any atom is -0.310 e. The highest BCUT2D eigenvalue weighted by Crippen LogP contribution is 2.58. The summed E-state index contributed by atoms with van der Waals surface area (Å²) in [6, 6.07) is 93.8. The summed E-state index contributed by atoms with van der Waals surface area (Å²) in [5, 5.41) is 0. The van der Waals surface area contributed by atoms with Crippen LogP contribution >= 0.6 is 0 Å². The van der Waals surface area contributed by atoms with Crippen molar-refractivity contribution >= 4 is 34.1 Å². The predicted molar refractivity (Wildman–Crippen MR) is 287 cm³/mol. The van der Waals surface area contributed by atoms with Crippen molar-refractivity contribution in [1.29, 1.82) is 0 Å². The molecule has 12 rings (SSSR count). The molecule has 0 aromatic heterocycles. The third-order valence-corrected chi connectivity index (χ3v) is 14.4. The highest BCUT2D eigenvalue weighted by molar-refractivity contribution is 5.90. The summed E-state index contributed by atoms with van der Waals surface area (Å²) in [5.74, 6) is 0. The molecule has 2 aliphatic carbocycles. The topological polar surface area (TPSA) is 6.48 Å². The van der Waals surface area contributed by atoms with Gasteiger partial charge in [0.05, 0.1) is 0 Å². The smallest absolute Gasteiger partial charge is 0.0473 e. The molecule has 0 radical (unpaired) electrons. The molecule has 0 atom stereocenters. The van der Waals surface area contributed by atoms with Crippen LogP contribution in [-0.4, -0.2) is 0 Å². The van der Waals surface area contributed by atoms with Crippen LogP contribution in [0.15, 0.2) is 255 Å². The molecule has 10 aromatic rings. The zero-order valence-electron chi connectivity index (χ0n) is 38.2. The maximum Gasteiger partial charge on any atom is 0.0473 e. The third-order valence-electron chi connectivity index (χ3n) is 14.4. The lowest BCUT2D eigenvalue weighted by Gasteiger charge is -2.37. The highest BCUT2D eigenvalue weighted by Gasteiger charge is 2.44. The Morgan fingerprint density at radius 3 is 0.971 bits per heavy atom. The lowest BCUT2D eigenvalue weighted by atomic mass is 9.67. The fourth-order valence-electron chi connectivity index (χ4n) is 11.1. The van der Waals surface area contributed by atoms with Gasteiger partial charge in [0.15, 0.2) is 0 Å². The monoisotopic (exact) mass is 872 g/mol. The van der Waals surface area contributed by atoms with Gasteiger partial charge in [-0.3, -0.25) is 0 Å². The normalized spacial score (nSPS) is 13.4. The van der Waals surface area contributed by atoms with Crippen LogP contribution < -0.4 is 9.80 Å². The van der Waals surface area contributed by atoms with Crippen molar-refractivity contribution in [1.82, 2.24) is 0 Å². The van der Waals surface area contributed by atoms with E-state index in [1.165, 1.54) is 97.4 Å². The Hall–Kier alpha value is -8.20. The molecule has 326 valence electrons. The average molecular weight is 873 g/mol. The van der Waals surface area contributed by atoms with Crippen molar-refractivity contribution in [2.24, 2.45) is 0 Å². The summed E-state index contributed by atoms with van der Waals surface area (Å²) in [5.41, 5.74) is 22.1. The lowest BCUT2D eigenvalue weighted by molar-refractivity contribution is 0.353. The first-order valence-electron chi connectivity index (χ1n) is 24.2. The molecule has 0 saturated heterocycles. The van der Waals surface area contributed by atoms with Crippen molar-refractivity contribution in [3.8, 4) is 55.6 Å². The summed E-state index contributed by atoms with van der Waals surface area (Å²) >= 11 is 0. The number of anilines is 6. The molecule has 68 heavy (non-hydrogen) atoms. The maximum absolute atomic E-state index is 2.55.